The van der Waals surface area contributed by atoms with E-state index in [9.17, 15) is 9.59 Å². The van der Waals surface area contributed by atoms with Crippen LogP contribution in [0.15, 0.2) is 6.33 Å². The Morgan fingerprint density at radius 1 is 1.50 bits per heavy atom. The highest BCUT2D eigenvalue weighted by Gasteiger charge is 2.20. The molecule has 16 heavy (non-hydrogen) atoms. The highest BCUT2D eigenvalue weighted by Crippen LogP contribution is 2.12. The van der Waals surface area contributed by atoms with Gasteiger partial charge in [-0.2, -0.15) is 0 Å². The van der Waals surface area contributed by atoms with E-state index in [2.05, 4.69) is 15.3 Å². The number of aromatic amines is 1. The molecule has 7 nitrogen and oxygen atoms in total. The first-order chi connectivity index (χ1) is 7.29. The molecule has 0 saturated heterocycles. The second-order valence-electron chi connectivity index (χ2n) is 4.06. The predicted molar refractivity (Wildman–Crippen MR) is 55.4 cm³/mol. The fourth-order valence-electron chi connectivity index (χ4n) is 0.952. The van der Waals surface area contributed by atoms with Crippen molar-refractivity contribution in [2.45, 2.75) is 26.4 Å². The van der Waals surface area contributed by atoms with Crippen LogP contribution in [0, 0.1) is 0 Å². The van der Waals surface area contributed by atoms with Gasteiger partial charge in [-0.3, -0.25) is 5.32 Å². The zero-order valence-electron chi connectivity index (χ0n) is 9.20. The molecule has 0 radical (unpaired) electrons. The van der Waals surface area contributed by atoms with Crippen LogP contribution in [-0.2, 0) is 4.74 Å². The molecule has 1 aromatic heterocycles. The van der Waals surface area contributed by atoms with Gasteiger partial charge in [0.25, 0.3) is 0 Å². The summed E-state index contributed by atoms with van der Waals surface area (Å²) in [5.41, 5.74) is -0.838. The maximum Gasteiger partial charge on any atom is 0.413 e. The zero-order valence-corrected chi connectivity index (χ0v) is 9.20. The van der Waals surface area contributed by atoms with Crippen molar-refractivity contribution in [3.63, 3.8) is 0 Å². The Morgan fingerprint density at radius 3 is 2.62 bits per heavy atom. The molecule has 1 rings (SSSR count). The van der Waals surface area contributed by atoms with Crippen molar-refractivity contribution >= 4 is 17.9 Å². The molecule has 0 saturated carbocycles. The van der Waals surface area contributed by atoms with Gasteiger partial charge in [-0.25, -0.2) is 14.6 Å². The van der Waals surface area contributed by atoms with Crippen LogP contribution in [0.3, 0.4) is 0 Å². The molecule has 0 aromatic carbocycles. The number of hydrogen-bond acceptors (Lipinski definition) is 4. The molecule has 0 spiro atoms. The Balaban J connectivity index is 2.70. The molecule has 0 aliphatic rings. The SMILES string of the molecule is CC(C)(C)OC(=O)Nc1nc[nH]c1C(=O)O. The third-order valence-corrected chi connectivity index (χ3v) is 1.47. The van der Waals surface area contributed by atoms with Gasteiger partial charge in [-0.15, -0.1) is 0 Å². The minimum absolute atomic E-state index is 0.0678. The number of nitrogens with zero attached hydrogens (tertiary/aromatic N) is 1. The molecule has 3 N–H and O–H groups in total. The Hall–Kier alpha value is -2.05. The molecule has 0 atom stereocenters. The standard InChI is InChI=1S/C9H13N3O4/c1-9(2,3)16-8(15)12-6-5(7(13)14)10-4-11-6/h4H,1-3H3,(H,10,11)(H,12,15)(H,13,14). The number of carboxylic acid groups (broad SMARTS) is 1. The fraction of sp³-hybridized carbons (Fsp3) is 0.444. The van der Waals surface area contributed by atoms with Crippen LogP contribution in [0.2, 0.25) is 0 Å². The monoisotopic (exact) mass is 227 g/mol. The van der Waals surface area contributed by atoms with Gasteiger partial charge in [-0.1, -0.05) is 0 Å². The molecule has 0 bridgehead atoms. The number of nitrogens with one attached hydrogen (secondary N) is 2. The van der Waals surface area contributed by atoms with E-state index in [1.807, 2.05) is 0 Å². The lowest BCUT2D eigenvalue weighted by Crippen LogP contribution is -2.27. The van der Waals surface area contributed by atoms with Crippen molar-refractivity contribution in [2.75, 3.05) is 5.32 Å². The maximum absolute atomic E-state index is 11.3. The van der Waals surface area contributed by atoms with Crippen LogP contribution in [-0.4, -0.2) is 32.7 Å². The summed E-state index contributed by atoms with van der Waals surface area (Å²) in [5.74, 6) is -1.27. The van der Waals surface area contributed by atoms with Crippen LogP contribution in [0.4, 0.5) is 10.6 Å². The van der Waals surface area contributed by atoms with E-state index in [1.54, 1.807) is 20.8 Å². The van der Waals surface area contributed by atoms with Gasteiger partial charge in [0.1, 0.15) is 5.60 Å². The van der Waals surface area contributed by atoms with E-state index in [0.717, 1.165) is 0 Å². The van der Waals surface area contributed by atoms with Gasteiger partial charge in [0, 0.05) is 0 Å². The number of carbonyl (C=O) groups excluding carboxylic acids is 1. The van der Waals surface area contributed by atoms with Crippen LogP contribution in [0.1, 0.15) is 31.3 Å². The van der Waals surface area contributed by atoms with Gasteiger partial charge in [0.05, 0.1) is 6.33 Å². The van der Waals surface area contributed by atoms with Gasteiger partial charge >= 0.3 is 12.1 Å². The summed E-state index contributed by atoms with van der Waals surface area (Å²) >= 11 is 0. The number of H-pyrrole nitrogens is 1. The fourth-order valence-corrected chi connectivity index (χ4v) is 0.952. The first kappa shape index (κ1) is 12.0. The summed E-state index contributed by atoms with van der Waals surface area (Å²) in [6, 6.07) is 0. The summed E-state index contributed by atoms with van der Waals surface area (Å²) < 4.78 is 4.95. The van der Waals surface area contributed by atoms with Crippen molar-refractivity contribution in [3.05, 3.63) is 12.0 Å². The van der Waals surface area contributed by atoms with E-state index in [-0.39, 0.29) is 11.5 Å². The van der Waals surface area contributed by atoms with Crippen LogP contribution >= 0.6 is 0 Å². The van der Waals surface area contributed by atoms with E-state index >= 15 is 0 Å². The molecule has 0 aliphatic heterocycles. The normalized spacial score (nSPS) is 10.9. The highest BCUT2D eigenvalue weighted by atomic mass is 16.6. The molecule has 1 amide bonds. The third-order valence-electron chi connectivity index (χ3n) is 1.47. The number of carbonyl (C=O) groups is 2. The van der Waals surface area contributed by atoms with E-state index in [4.69, 9.17) is 9.84 Å². The first-order valence-corrected chi connectivity index (χ1v) is 4.56. The number of aromatic carboxylic acids is 1. The summed E-state index contributed by atoms with van der Waals surface area (Å²) in [4.78, 5) is 28.1. The number of rotatable bonds is 2. The second kappa shape index (κ2) is 4.21. The van der Waals surface area contributed by atoms with E-state index in [1.165, 1.54) is 6.33 Å². The molecular weight excluding hydrogens is 214 g/mol. The maximum atomic E-state index is 11.3. The number of anilines is 1. The van der Waals surface area contributed by atoms with Crippen molar-refractivity contribution in [1.29, 1.82) is 0 Å². The number of carboxylic acids is 1. The third kappa shape index (κ3) is 3.26. The summed E-state index contributed by atoms with van der Waals surface area (Å²) in [7, 11) is 0. The average Bonchev–Trinajstić information content (AvgIpc) is 2.47. The van der Waals surface area contributed by atoms with Crippen molar-refractivity contribution in [1.82, 2.24) is 9.97 Å². The van der Waals surface area contributed by atoms with Crippen molar-refractivity contribution in [3.8, 4) is 0 Å². The van der Waals surface area contributed by atoms with E-state index < -0.39 is 17.7 Å². The number of aromatic nitrogens is 2. The Bertz CT molecular complexity index is 405. The smallest absolute Gasteiger partial charge is 0.413 e. The second-order valence-corrected chi connectivity index (χ2v) is 4.06. The lowest BCUT2D eigenvalue weighted by atomic mass is 10.2. The lowest BCUT2D eigenvalue weighted by molar-refractivity contribution is 0.0635. The van der Waals surface area contributed by atoms with Gasteiger partial charge < -0.3 is 14.8 Å². The zero-order chi connectivity index (χ0) is 12.3. The number of ether oxygens (including phenoxy) is 1. The summed E-state index contributed by atoms with van der Waals surface area (Å²) in [6.45, 7) is 5.11. The molecular formula is C9H13N3O4. The Morgan fingerprint density at radius 2 is 2.12 bits per heavy atom. The van der Waals surface area contributed by atoms with Crippen LogP contribution < -0.4 is 5.32 Å². The quantitative estimate of drug-likeness (QED) is 0.709. The van der Waals surface area contributed by atoms with Crippen LogP contribution in [0.25, 0.3) is 0 Å². The minimum Gasteiger partial charge on any atom is -0.476 e. The predicted octanol–water partition coefficient (Wildman–Crippen LogP) is 1.45. The number of amides is 1. The minimum atomic E-state index is -1.21. The largest absolute Gasteiger partial charge is 0.476 e. The Labute approximate surface area is 91.8 Å². The summed E-state index contributed by atoms with van der Waals surface area (Å²) in [5, 5.41) is 11.0. The number of hydrogen-bond donors (Lipinski definition) is 3. The molecule has 88 valence electrons. The van der Waals surface area contributed by atoms with Gasteiger partial charge in [0.2, 0.25) is 0 Å². The lowest BCUT2D eigenvalue weighted by Gasteiger charge is -2.19. The molecule has 1 heterocycles. The molecule has 7 heteroatoms. The van der Waals surface area contributed by atoms with Gasteiger partial charge in [-0.05, 0) is 20.8 Å². The molecule has 0 fully saturated rings. The van der Waals surface area contributed by atoms with Gasteiger partial charge in [0.15, 0.2) is 11.5 Å². The molecule has 0 unspecified atom stereocenters. The topological polar surface area (TPSA) is 104 Å². The molecule has 0 aliphatic carbocycles. The summed E-state index contributed by atoms with van der Waals surface area (Å²) in [6.07, 6.45) is 0.429. The number of imidazole rings is 1. The van der Waals surface area contributed by atoms with Crippen LogP contribution in [0.5, 0.6) is 0 Å². The molecule has 1 aromatic rings. The van der Waals surface area contributed by atoms with Crippen molar-refractivity contribution in [2.24, 2.45) is 0 Å². The van der Waals surface area contributed by atoms with E-state index in [0.29, 0.717) is 0 Å². The Kier molecular flexibility index (Phi) is 3.17. The van der Waals surface area contributed by atoms with Crippen molar-refractivity contribution < 1.29 is 19.4 Å². The first-order valence-electron chi connectivity index (χ1n) is 4.56. The highest BCUT2D eigenvalue weighted by molar-refractivity contribution is 5.95. The average molecular weight is 227 g/mol.